The maximum Gasteiger partial charge on any atom is 0.231 e. The highest BCUT2D eigenvalue weighted by molar-refractivity contribution is 5.85. The van der Waals surface area contributed by atoms with E-state index in [2.05, 4.69) is 51.5 Å². The third-order valence-electron chi connectivity index (χ3n) is 4.78. The van der Waals surface area contributed by atoms with Crippen molar-refractivity contribution in [3.63, 3.8) is 0 Å². The van der Waals surface area contributed by atoms with Gasteiger partial charge < -0.3 is 20.1 Å². The topological polar surface area (TPSA) is 83.8 Å². The molecular formula is C22H26N8. The van der Waals surface area contributed by atoms with Gasteiger partial charge in [0.2, 0.25) is 5.95 Å². The van der Waals surface area contributed by atoms with E-state index >= 15 is 0 Å². The molecule has 4 aromatic rings. The monoisotopic (exact) mass is 402 g/mol. The molecule has 4 rings (SSSR count). The fourth-order valence-corrected chi connectivity index (χ4v) is 3.15. The first-order valence-corrected chi connectivity index (χ1v) is 9.93. The quantitative estimate of drug-likeness (QED) is 0.479. The lowest BCUT2D eigenvalue weighted by Gasteiger charge is -2.15. The fourth-order valence-electron chi connectivity index (χ4n) is 3.15. The third-order valence-corrected chi connectivity index (χ3v) is 4.78. The van der Waals surface area contributed by atoms with Gasteiger partial charge in [-0.25, -0.2) is 4.98 Å². The molecule has 2 N–H and O–H groups in total. The Morgan fingerprint density at radius 2 is 1.97 bits per heavy atom. The highest BCUT2D eigenvalue weighted by Gasteiger charge is 2.15. The first-order chi connectivity index (χ1) is 14.5. The van der Waals surface area contributed by atoms with Gasteiger partial charge >= 0.3 is 0 Å². The molecule has 0 aliphatic rings. The number of rotatable bonds is 7. The lowest BCUT2D eigenvalue weighted by molar-refractivity contribution is 0.613. The maximum absolute atomic E-state index is 4.75. The van der Waals surface area contributed by atoms with Gasteiger partial charge in [-0.1, -0.05) is 12.1 Å². The van der Waals surface area contributed by atoms with E-state index in [1.807, 2.05) is 55.5 Å². The van der Waals surface area contributed by atoms with Crippen LogP contribution in [0.5, 0.6) is 0 Å². The van der Waals surface area contributed by atoms with Crippen molar-refractivity contribution in [2.45, 2.75) is 26.4 Å². The minimum atomic E-state index is 0.237. The second kappa shape index (κ2) is 8.36. The summed E-state index contributed by atoms with van der Waals surface area (Å²) in [6.07, 6.45) is 5.42. The second-order valence-electron chi connectivity index (χ2n) is 7.60. The van der Waals surface area contributed by atoms with Gasteiger partial charge in [0, 0.05) is 50.5 Å². The average Bonchev–Trinajstić information content (AvgIpc) is 3.17. The number of hydrogen-bond donors (Lipinski definition) is 2. The van der Waals surface area contributed by atoms with Gasteiger partial charge in [0.25, 0.3) is 0 Å². The number of aromatic nitrogens is 5. The van der Waals surface area contributed by atoms with Gasteiger partial charge in [-0.05, 0) is 43.7 Å². The minimum Gasteiger partial charge on any atom is -0.378 e. The number of pyridine rings is 1. The Hall–Kier alpha value is -3.68. The van der Waals surface area contributed by atoms with Gasteiger partial charge in [-0.2, -0.15) is 9.97 Å². The zero-order valence-electron chi connectivity index (χ0n) is 17.7. The molecule has 3 aromatic heterocycles. The Bertz CT molecular complexity index is 1130. The summed E-state index contributed by atoms with van der Waals surface area (Å²) in [5.41, 5.74) is 4.64. The molecule has 8 nitrogen and oxygen atoms in total. The fraction of sp³-hybridized carbons (Fsp3) is 0.273. The number of nitrogens with one attached hydrogen (secondary N) is 2. The molecule has 0 fully saturated rings. The van der Waals surface area contributed by atoms with Crippen molar-refractivity contribution < 1.29 is 0 Å². The van der Waals surface area contributed by atoms with Crippen LogP contribution in [0, 0.1) is 0 Å². The molecule has 0 aliphatic carbocycles. The molecule has 154 valence electrons. The smallest absolute Gasteiger partial charge is 0.231 e. The van der Waals surface area contributed by atoms with Gasteiger partial charge in [0.05, 0.1) is 6.33 Å². The van der Waals surface area contributed by atoms with Crippen molar-refractivity contribution in [1.29, 1.82) is 0 Å². The number of benzene rings is 1. The van der Waals surface area contributed by atoms with Crippen LogP contribution in [0.25, 0.3) is 11.2 Å². The van der Waals surface area contributed by atoms with Gasteiger partial charge in [-0.15, -0.1) is 0 Å². The Morgan fingerprint density at radius 1 is 1.10 bits per heavy atom. The summed E-state index contributed by atoms with van der Waals surface area (Å²) in [6, 6.07) is 12.3. The summed E-state index contributed by atoms with van der Waals surface area (Å²) >= 11 is 0. The third kappa shape index (κ3) is 4.17. The first-order valence-electron chi connectivity index (χ1n) is 9.93. The van der Waals surface area contributed by atoms with Crippen molar-refractivity contribution in [3.05, 3.63) is 60.7 Å². The number of nitrogens with zero attached hydrogens (tertiary/aromatic N) is 6. The van der Waals surface area contributed by atoms with E-state index in [-0.39, 0.29) is 6.04 Å². The van der Waals surface area contributed by atoms with E-state index in [1.165, 1.54) is 0 Å². The normalized spacial score (nSPS) is 11.1. The molecule has 0 atom stereocenters. The maximum atomic E-state index is 4.75. The summed E-state index contributed by atoms with van der Waals surface area (Å²) in [5, 5.41) is 6.74. The van der Waals surface area contributed by atoms with Crippen LogP contribution in [0.2, 0.25) is 0 Å². The number of fused-ring (bicyclic) bond motifs is 1. The lowest BCUT2D eigenvalue weighted by atomic mass is 10.2. The lowest BCUT2D eigenvalue weighted by Crippen LogP contribution is -2.09. The molecule has 0 spiro atoms. The number of imidazole rings is 1. The molecule has 8 heteroatoms. The van der Waals surface area contributed by atoms with Crippen LogP contribution in [-0.2, 0) is 6.54 Å². The highest BCUT2D eigenvalue weighted by atomic mass is 15.2. The molecule has 0 saturated heterocycles. The van der Waals surface area contributed by atoms with Crippen LogP contribution in [0.15, 0.2) is 55.1 Å². The molecule has 0 unspecified atom stereocenters. The molecular weight excluding hydrogens is 376 g/mol. The van der Waals surface area contributed by atoms with Gasteiger partial charge in [0.15, 0.2) is 17.0 Å². The zero-order valence-corrected chi connectivity index (χ0v) is 17.7. The van der Waals surface area contributed by atoms with Crippen LogP contribution in [-0.4, -0.2) is 38.6 Å². The van der Waals surface area contributed by atoms with E-state index in [0.29, 0.717) is 18.3 Å². The summed E-state index contributed by atoms with van der Waals surface area (Å²) in [4.78, 5) is 20.3. The molecule has 0 amide bonds. The van der Waals surface area contributed by atoms with E-state index in [1.54, 1.807) is 6.20 Å². The summed E-state index contributed by atoms with van der Waals surface area (Å²) in [7, 11) is 4.03. The van der Waals surface area contributed by atoms with Crippen molar-refractivity contribution in [3.8, 4) is 0 Å². The standard InChI is InChI=1S/C22H26N8/c1-15(2)30-14-25-19-20(24-13-16-7-6-10-23-12-16)27-22(28-21(19)30)26-17-8-5-9-18(11-17)29(3)4/h5-12,14-15H,13H2,1-4H3,(H2,24,26,27,28). The Morgan fingerprint density at radius 3 is 2.70 bits per heavy atom. The Kier molecular flexibility index (Phi) is 5.47. The van der Waals surface area contributed by atoms with Crippen LogP contribution in [0.4, 0.5) is 23.1 Å². The highest BCUT2D eigenvalue weighted by Crippen LogP contribution is 2.26. The van der Waals surface area contributed by atoms with E-state index in [9.17, 15) is 0 Å². The molecule has 0 saturated carbocycles. The Labute approximate surface area is 176 Å². The van der Waals surface area contributed by atoms with Gasteiger partial charge in [0.1, 0.15) is 0 Å². The SMILES string of the molecule is CC(C)n1cnc2c(NCc3cccnc3)nc(Nc3cccc(N(C)C)c3)nc21. The number of hydrogen-bond acceptors (Lipinski definition) is 7. The van der Waals surface area contributed by atoms with Crippen LogP contribution >= 0.6 is 0 Å². The molecule has 1 aromatic carbocycles. The minimum absolute atomic E-state index is 0.237. The van der Waals surface area contributed by atoms with E-state index in [4.69, 9.17) is 9.97 Å². The van der Waals surface area contributed by atoms with Crippen molar-refractivity contribution in [2.75, 3.05) is 29.6 Å². The molecule has 0 bridgehead atoms. The van der Waals surface area contributed by atoms with Crippen molar-refractivity contribution >= 4 is 34.3 Å². The van der Waals surface area contributed by atoms with Crippen molar-refractivity contribution in [2.24, 2.45) is 0 Å². The molecule has 30 heavy (non-hydrogen) atoms. The largest absolute Gasteiger partial charge is 0.378 e. The van der Waals surface area contributed by atoms with E-state index in [0.717, 1.165) is 28.1 Å². The summed E-state index contributed by atoms with van der Waals surface area (Å²) < 4.78 is 2.05. The van der Waals surface area contributed by atoms with Crippen LogP contribution < -0.4 is 15.5 Å². The number of anilines is 4. The Balaban J connectivity index is 1.70. The second-order valence-corrected chi connectivity index (χ2v) is 7.60. The predicted octanol–water partition coefficient (Wildman–Crippen LogP) is 4.22. The zero-order chi connectivity index (χ0) is 21.1. The van der Waals surface area contributed by atoms with Gasteiger partial charge in [-0.3, -0.25) is 4.98 Å². The molecule has 3 heterocycles. The summed E-state index contributed by atoms with van der Waals surface area (Å²) in [5.74, 6) is 1.21. The average molecular weight is 403 g/mol. The molecule has 0 radical (unpaired) electrons. The van der Waals surface area contributed by atoms with Crippen LogP contribution in [0.3, 0.4) is 0 Å². The van der Waals surface area contributed by atoms with E-state index < -0.39 is 0 Å². The first kappa shape index (κ1) is 19.6. The van der Waals surface area contributed by atoms with Crippen LogP contribution in [0.1, 0.15) is 25.5 Å². The summed E-state index contributed by atoms with van der Waals surface area (Å²) in [6.45, 7) is 4.82. The van der Waals surface area contributed by atoms with Crippen molar-refractivity contribution in [1.82, 2.24) is 24.5 Å². The molecule has 0 aliphatic heterocycles. The predicted molar refractivity (Wildman–Crippen MR) is 121 cm³/mol.